The number of carbonyl (C=O) groups excluding carboxylic acids is 2. The largest absolute Gasteiger partial charge is 0.489 e. The van der Waals surface area contributed by atoms with Gasteiger partial charge in [-0.15, -0.1) is 0 Å². The number of amides is 3. The molecule has 0 spiro atoms. The SMILES string of the molecule is CN(C(=O)CCC[C@H](NC(=O)N[C@@H](CCC(=O)O)C(=O)O)C(=O)O)c1ccc(B(O)O)c(I)c1. The van der Waals surface area contributed by atoms with E-state index in [4.69, 9.17) is 10.2 Å². The first kappa shape index (κ1) is 29.1. The summed E-state index contributed by atoms with van der Waals surface area (Å²) in [4.78, 5) is 59.0. The van der Waals surface area contributed by atoms with Crippen molar-refractivity contribution >= 4 is 70.7 Å². The zero-order chi connectivity index (χ0) is 26.0. The van der Waals surface area contributed by atoms with Crippen molar-refractivity contribution in [3.8, 4) is 0 Å². The zero-order valence-electron chi connectivity index (χ0n) is 18.1. The van der Waals surface area contributed by atoms with Crippen LogP contribution in [0.3, 0.4) is 0 Å². The van der Waals surface area contributed by atoms with Gasteiger partial charge in [0.15, 0.2) is 0 Å². The molecule has 3 amide bonds. The Balaban J connectivity index is 2.64. The standard InChI is InChI=1S/C19H25BIN3O10/c1-24(10-5-6-11(20(33)34)12(21)9-10)15(25)4-2-3-13(17(28)29)22-19(32)23-14(18(30)31)7-8-16(26)27/h5-6,9,13-14,33-34H,2-4,7-8H2,1H3,(H,26,27)(H,28,29)(H,30,31)(H2,22,23,32)/t13-,14-/m0/s1. The first-order valence-corrected chi connectivity index (χ1v) is 11.1. The van der Waals surface area contributed by atoms with Gasteiger partial charge < -0.3 is 40.9 Å². The van der Waals surface area contributed by atoms with E-state index in [2.05, 4.69) is 5.32 Å². The van der Waals surface area contributed by atoms with Crippen LogP contribution in [0.2, 0.25) is 0 Å². The Hall–Kier alpha value is -2.92. The molecule has 0 aliphatic carbocycles. The quantitative estimate of drug-likeness (QED) is 0.111. The van der Waals surface area contributed by atoms with Gasteiger partial charge in [-0.25, -0.2) is 14.4 Å². The van der Waals surface area contributed by atoms with E-state index in [1.807, 2.05) is 27.9 Å². The van der Waals surface area contributed by atoms with Gasteiger partial charge in [-0.1, -0.05) is 6.07 Å². The fourth-order valence-corrected chi connectivity index (χ4v) is 3.62. The number of anilines is 1. The zero-order valence-corrected chi connectivity index (χ0v) is 20.3. The van der Waals surface area contributed by atoms with Gasteiger partial charge in [0.05, 0.1) is 0 Å². The minimum absolute atomic E-state index is 0.0547. The minimum Gasteiger partial charge on any atom is -0.481 e. The van der Waals surface area contributed by atoms with Gasteiger partial charge in [-0.2, -0.15) is 0 Å². The van der Waals surface area contributed by atoms with Gasteiger partial charge >= 0.3 is 31.1 Å². The lowest BCUT2D eigenvalue weighted by molar-refractivity contribution is -0.140. The fraction of sp³-hybridized carbons (Fsp3) is 0.421. The Labute approximate surface area is 208 Å². The Morgan fingerprint density at radius 2 is 1.53 bits per heavy atom. The molecule has 15 heteroatoms. The Kier molecular flexibility index (Phi) is 11.7. The maximum Gasteiger partial charge on any atom is 0.489 e. The number of carboxylic acid groups (broad SMARTS) is 3. The van der Waals surface area contributed by atoms with Crippen LogP contribution >= 0.6 is 22.6 Å². The third-order valence-electron chi connectivity index (χ3n) is 4.76. The van der Waals surface area contributed by atoms with Crippen LogP contribution in [0.15, 0.2) is 18.2 Å². The van der Waals surface area contributed by atoms with Crippen molar-refractivity contribution in [3.05, 3.63) is 21.8 Å². The van der Waals surface area contributed by atoms with Crippen molar-refractivity contribution in [3.63, 3.8) is 0 Å². The van der Waals surface area contributed by atoms with Crippen LogP contribution < -0.4 is 21.0 Å². The Morgan fingerprint density at radius 1 is 0.971 bits per heavy atom. The summed E-state index contributed by atoms with van der Waals surface area (Å²) in [6.45, 7) is 0. The number of benzene rings is 1. The maximum absolute atomic E-state index is 12.5. The van der Waals surface area contributed by atoms with E-state index >= 15 is 0 Å². The predicted octanol–water partition coefficient (Wildman–Crippen LogP) is -0.825. The van der Waals surface area contributed by atoms with E-state index in [-0.39, 0.29) is 37.1 Å². The number of nitrogens with one attached hydrogen (secondary N) is 2. The summed E-state index contributed by atoms with van der Waals surface area (Å²) in [6, 6.07) is 0.580. The van der Waals surface area contributed by atoms with Crippen LogP contribution in [0.4, 0.5) is 10.5 Å². The van der Waals surface area contributed by atoms with Crippen molar-refractivity contribution in [2.24, 2.45) is 0 Å². The molecule has 0 heterocycles. The van der Waals surface area contributed by atoms with Gasteiger partial charge in [-0.3, -0.25) is 9.59 Å². The number of rotatable bonds is 13. The summed E-state index contributed by atoms with van der Waals surface area (Å²) in [6.07, 6.45) is -0.971. The van der Waals surface area contributed by atoms with E-state index in [1.165, 1.54) is 24.1 Å². The molecule has 2 atom stereocenters. The van der Waals surface area contributed by atoms with Gasteiger partial charge in [0.2, 0.25) is 5.91 Å². The molecule has 1 aromatic rings. The molecule has 0 aliphatic rings. The van der Waals surface area contributed by atoms with E-state index < -0.39 is 49.6 Å². The van der Waals surface area contributed by atoms with Crippen molar-refractivity contribution in [1.82, 2.24) is 10.6 Å². The third-order valence-corrected chi connectivity index (χ3v) is 5.69. The molecular formula is C19H25BIN3O10. The van der Waals surface area contributed by atoms with E-state index in [1.54, 1.807) is 6.07 Å². The molecule has 0 aliphatic heterocycles. The van der Waals surface area contributed by atoms with E-state index in [0.717, 1.165) is 0 Å². The number of hydrogen-bond donors (Lipinski definition) is 7. The molecule has 0 fully saturated rings. The number of halogens is 1. The van der Waals surface area contributed by atoms with Gasteiger partial charge in [0.1, 0.15) is 12.1 Å². The number of nitrogens with zero attached hydrogens (tertiary/aromatic N) is 1. The van der Waals surface area contributed by atoms with Crippen molar-refractivity contribution in [1.29, 1.82) is 0 Å². The number of urea groups is 1. The molecule has 0 radical (unpaired) electrons. The molecule has 1 rings (SSSR count). The lowest BCUT2D eigenvalue weighted by Crippen LogP contribution is -2.51. The molecule has 0 saturated heterocycles. The molecule has 0 bridgehead atoms. The van der Waals surface area contributed by atoms with Gasteiger partial charge in [0.25, 0.3) is 0 Å². The highest BCUT2D eigenvalue weighted by Crippen LogP contribution is 2.17. The van der Waals surface area contributed by atoms with Crippen LogP contribution in [0.5, 0.6) is 0 Å². The van der Waals surface area contributed by atoms with Crippen molar-refractivity contribution in [2.75, 3.05) is 11.9 Å². The summed E-state index contributed by atoms with van der Waals surface area (Å²) in [5, 5.41) is 49.7. The highest BCUT2D eigenvalue weighted by Gasteiger charge is 2.25. The summed E-state index contributed by atoms with van der Waals surface area (Å²) in [7, 11) is -0.144. The molecular weight excluding hydrogens is 568 g/mol. The lowest BCUT2D eigenvalue weighted by Gasteiger charge is -2.20. The average molecular weight is 593 g/mol. The highest BCUT2D eigenvalue weighted by atomic mass is 127. The normalized spacial score (nSPS) is 12.2. The number of hydrogen-bond acceptors (Lipinski definition) is 7. The molecule has 0 aromatic heterocycles. The molecule has 186 valence electrons. The topological polar surface area (TPSA) is 214 Å². The summed E-state index contributed by atoms with van der Waals surface area (Å²) in [5.41, 5.74) is 0.777. The maximum atomic E-state index is 12.5. The molecule has 34 heavy (non-hydrogen) atoms. The second-order valence-electron chi connectivity index (χ2n) is 7.26. The first-order valence-electron chi connectivity index (χ1n) is 10.00. The van der Waals surface area contributed by atoms with Crippen molar-refractivity contribution in [2.45, 2.75) is 44.2 Å². The lowest BCUT2D eigenvalue weighted by atomic mass is 9.80. The second-order valence-corrected chi connectivity index (χ2v) is 8.42. The fourth-order valence-electron chi connectivity index (χ4n) is 2.84. The molecule has 0 saturated carbocycles. The minimum atomic E-state index is -1.65. The van der Waals surface area contributed by atoms with Crippen molar-refractivity contribution < 1.29 is 49.3 Å². The molecule has 7 N–H and O–H groups in total. The number of aliphatic carboxylic acids is 3. The third kappa shape index (κ3) is 9.52. The van der Waals surface area contributed by atoms with Crippen LogP contribution in [-0.2, 0) is 19.2 Å². The Bertz CT molecular complexity index is 930. The van der Waals surface area contributed by atoms with Gasteiger partial charge in [0, 0.05) is 29.1 Å². The summed E-state index contributed by atoms with van der Waals surface area (Å²) < 4.78 is 0.536. The predicted molar refractivity (Wildman–Crippen MR) is 128 cm³/mol. The molecule has 13 nitrogen and oxygen atoms in total. The molecule has 1 aromatic carbocycles. The smallest absolute Gasteiger partial charge is 0.481 e. The van der Waals surface area contributed by atoms with Crippen LogP contribution in [0.25, 0.3) is 0 Å². The summed E-state index contributed by atoms with van der Waals surface area (Å²) in [5.74, 6) is -4.45. The van der Waals surface area contributed by atoms with Crippen LogP contribution in [0.1, 0.15) is 32.1 Å². The van der Waals surface area contributed by atoms with E-state index in [9.17, 15) is 39.1 Å². The first-order chi connectivity index (χ1) is 15.8. The average Bonchev–Trinajstić information content (AvgIpc) is 2.74. The molecule has 0 unspecified atom stereocenters. The van der Waals surface area contributed by atoms with Crippen LogP contribution in [0, 0.1) is 3.57 Å². The Morgan fingerprint density at radius 3 is 2.00 bits per heavy atom. The number of carboxylic acids is 3. The summed E-state index contributed by atoms with van der Waals surface area (Å²) >= 11 is 1.90. The van der Waals surface area contributed by atoms with E-state index in [0.29, 0.717) is 9.26 Å². The highest BCUT2D eigenvalue weighted by molar-refractivity contribution is 14.1. The van der Waals surface area contributed by atoms with Crippen LogP contribution in [-0.4, -0.2) is 81.5 Å². The second kappa shape index (κ2) is 13.7. The monoisotopic (exact) mass is 593 g/mol. The number of carbonyl (C=O) groups is 5. The van der Waals surface area contributed by atoms with Gasteiger partial charge in [-0.05, 0) is 59.4 Å².